The number of esters is 1. The first-order valence-electron chi connectivity index (χ1n) is 6.49. The second-order valence-electron chi connectivity index (χ2n) is 4.96. The largest absolute Gasteiger partial charge is 0.467 e. The van der Waals surface area contributed by atoms with Gasteiger partial charge in [0, 0.05) is 22.7 Å². The molecule has 5 heteroatoms. The first kappa shape index (κ1) is 14.1. The van der Waals surface area contributed by atoms with Gasteiger partial charge in [0.1, 0.15) is 6.04 Å². The van der Waals surface area contributed by atoms with E-state index in [1.165, 1.54) is 7.11 Å². The molecule has 0 aliphatic rings. The molecule has 1 heterocycles. The molecule has 0 aliphatic heterocycles. The number of aromatic amines is 1. The minimum absolute atomic E-state index is 0.0446. The van der Waals surface area contributed by atoms with E-state index in [4.69, 9.17) is 4.74 Å². The number of amides is 1. The van der Waals surface area contributed by atoms with Crippen molar-refractivity contribution in [3.05, 3.63) is 36.0 Å². The third-order valence-electron chi connectivity index (χ3n) is 3.25. The average Bonchev–Trinajstić information content (AvgIpc) is 2.91. The number of methoxy groups -OCH3 is 1. The Bertz CT molecular complexity index is 631. The van der Waals surface area contributed by atoms with Crippen LogP contribution in [0.1, 0.15) is 24.2 Å². The Morgan fingerprint density at radius 3 is 2.65 bits per heavy atom. The lowest BCUT2D eigenvalue weighted by Gasteiger charge is -2.20. The Morgan fingerprint density at radius 2 is 2.00 bits per heavy atom. The van der Waals surface area contributed by atoms with E-state index in [1.807, 2.05) is 26.0 Å². The van der Waals surface area contributed by atoms with Gasteiger partial charge in [0.25, 0.3) is 5.91 Å². The molecule has 2 N–H and O–H groups in total. The maximum Gasteiger partial charge on any atom is 0.328 e. The summed E-state index contributed by atoms with van der Waals surface area (Å²) in [6, 6.07) is 6.62. The SMILES string of the molecule is COC(=O)[C@@H](NC(=O)c1cccc2[nH]ccc12)C(C)C. The van der Waals surface area contributed by atoms with Crippen LogP contribution < -0.4 is 5.32 Å². The molecule has 2 rings (SSSR count). The fourth-order valence-electron chi connectivity index (χ4n) is 2.13. The summed E-state index contributed by atoms with van der Waals surface area (Å²) in [5.41, 5.74) is 1.43. The molecular weight excluding hydrogens is 256 g/mol. The number of benzene rings is 1. The summed E-state index contributed by atoms with van der Waals surface area (Å²) in [6.07, 6.45) is 1.78. The smallest absolute Gasteiger partial charge is 0.328 e. The molecule has 1 aromatic heterocycles. The lowest BCUT2D eigenvalue weighted by Crippen LogP contribution is -2.45. The third-order valence-corrected chi connectivity index (χ3v) is 3.25. The molecule has 0 unspecified atom stereocenters. The summed E-state index contributed by atoms with van der Waals surface area (Å²) < 4.78 is 4.72. The lowest BCUT2D eigenvalue weighted by atomic mass is 10.0. The minimum Gasteiger partial charge on any atom is -0.467 e. The topological polar surface area (TPSA) is 71.2 Å². The predicted octanol–water partition coefficient (Wildman–Crippen LogP) is 2.10. The van der Waals surface area contributed by atoms with Crippen LogP contribution in [-0.2, 0) is 9.53 Å². The zero-order chi connectivity index (χ0) is 14.7. The van der Waals surface area contributed by atoms with Crippen molar-refractivity contribution in [2.24, 2.45) is 5.92 Å². The number of carbonyl (C=O) groups is 2. The van der Waals surface area contributed by atoms with Crippen LogP contribution >= 0.6 is 0 Å². The van der Waals surface area contributed by atoms with E-state index in [-0.39, 0.29) is 11.8 Å². The number of fused-ring (bicyclic) bond motifs is 1. The standard InChI is InChI=1S/C15H18N2O3/c1-9(2)13(15(19)20-3)17-14(18)11-5-4-6-12-10(11)7-8-16-12/h4-9,13,16H,1-3H3,(H,17,18)/t13-/m0/s1. The molecule has 2 aromatic rings. The Hall–Kier alpha value is -2.30. The molecule has 106 valence electrons. The van der Waals surface area contributed by atoms with Gasteiger partial charge in [0.2, 0.25) is 0 Å². The quantitative estimate of drug-likeness (QED) is 0.839. The number of hydrogen-bond donors (Lipinski definition) is 2. The van der Waals surface area contributed by atoms with Gasteiger partial charge in [-0.1, -0.05) is 19.9 Å². The highest BCUT2D eigenvalue weighted by Crippen LogP contribution is 2.17. The number of hydrogen-bond acceptors (Lipinski definition) is 3. The van der Waals surface area contributed by atoms with E-state index in [9.17, 15) is 9.59 Å². The van der Waals surface area contributed by atoms with Crippen molar-refractivity contribution in [3.8, 4) is 0 Å². The molecule has 0 saturated carbocycles. The molecule has 0 fully saturated rings. The number of rotatable bonds is 4. The molecule has 1 aromatic carbocycles. The Kier molecular flexibility index (Phi) is 4.08. The lowest BCUT2D eigenvalue weighted by molar-refractivity contribution is -0.144. The van der Waals surface area contributed by atoms with E-state index in [1.54, 1.807) is 18.3 Å². The molecule has 5 nitrogen and oxygen atoms in total. The zero-order valence-corrected chi connectivity index (χ0v) is 11.8. The molecule has 20 heavy (non-hydrogen) atoms. The number of aromatic nitrogens is 1. The van der Waals surface area contributed by atoms with E-state index < -0.39 is 12.0 Å². The van der Waals surface area contributed by atoms with Gasteiger partial charge in [-0.2, -0.15) is 0 Å². The summed E-state index contributed by atoms with van der Waals surface area (Å²) >= 11 is 0. The van der Waals surface area contributed by atoms with Crippen LogP contribution in [0.4, 0.5) is 0 Å². The van der Waals surface area contributed by atoms with Gasteiger partial charge in [0.05, 0.1) is 7.11 Å². The van der Waals surface area contributed by atoms with Crippen molar-refractivity contribution in [1.29, 1.82) is 0 Å². The number of ether oxygens (including phenoxy) is 1. The Labute approximate surface area is 117 Å². The fourth-order valence-corrected chi connectivity index (χ4v) is 2.13. The first-order valence-corrected chi connectivity index (χ1v) is 6.49. The van der Waals surface area contributed by atoms with E-state index in [0.717, 1.165) is 10.9 Å². The van der Waals surface area contributed by atoms with Crippen molar-refractivity contribution in [2.75, 3.05) is 7.11 Å². The molecule has 0 saturated heterocycles. The van der Waals surface area contributed by atoms with Crippen LogP contribution in [0.25, 0.3) is 10.9 Å². The van der Waals surface area contributed by atoms with Gasteiger partial charge in [-0.15, -0.1) is 0 Å². The Balaban J connectivity index is 2.27. The predicted molar refractivity (Wildman–Crippen MR) is 76.4 cm³/mol. The molecular formula is C15H18N2O3. The highest BCUT2D eigenvalue weighted by molar-refractivity contribution is 6.07. The molecule has 0 aliphatic carbocycles. The van der Waals surface area contributed by atoms with Crippen LogP contribution in [0.15, 0.2) is 30.5 Å². The van der Waals surface area contributed by atoms with Gasteiger partial charge in [-0.3, -0.25) is 4.79 Å². The second kappa shape index (κ2) is 5.77. The highest BCUT2D eigenvalue weighted by Gasteiger charge is 2.25. The van der Waals surface area contributed by atoms with E-state index >= 15 is 0 Å². The number of carbonyl (C=O) groups excluding carboxylic acids is 2. The summed E-state index contributed by atoms with van der Waals surface area (Å²) in [6.45, 7) is 3.72. The summed E-state index contributed by atoms with van der Waals surface area (Å²) in [4.78, 5) is 27.1. The van der Waals surface area contributed by atoms with Gasteiger partial charge >= 0.3 is 5.97 Å². The van der Waals surface area contributed by atoms with Crippen molar-refractivity contribution in [3.63, 3.8) is 0 Å². The van der Waals surface area contributed by atoms with Crippen molar-refractivity contribution >= 4 is 22.8 Å². The molecule has 0 radical (unpaired) electrons. The highest BCUT2D eigenvalue weighted by atomic mass is 16.5. The zero-order valence-electron chi connectivity index (χ0n) is 11.8. The average molecular weight is 274 g/mol. The van der Waals surface area contributed by atoms with Gasteiger partial charge in [-0.05, 0) is 24.1 Å². The van der Waals surface area contributed by atoms with E-state index in [2.05, 4.69) is 10.3 Å². The van der Waals surface area contributed by atoms with Crippen LogP contribution in [0.2, 0.25) is 0 Å². The van der Waals surface area contributed by atoms with Crippen molar-refractivity contribution < 1.29 is 14.3 Å². The molecule has 0 spiro atoms. The summed E-state index contributed by atoms with van der Waals surface area (Å²) in [5.74, 6) is -0.759. The van der Waals surface area contributed by atoms with Crippen LogP contribution in [0.5, 0.6) is 0 Å². The fraction of sp³-hybridized carbons (Fsp3) is 0.333. The molecule has 1 atom stereocenters. The number of H-pyrrole nitrogens is 1. The number of nitrogens with one attached hydrogen (secondary N) is 2. The molecule has 0 bridgehead atoms. The minimum atomic E-state index is -0.651. The van der Waals surface area contributed by atoms with Crippen LogP contribution in [0.3, 0.4) is 0 Å². The summed E-state index contributed by atoms with van der Waals surface area (Å²) in [5, 5.41) is 3.57. The maximum atomic E-state index is 12.4. The first-order chi connectivity index (χ1) is 9.54. The Morgan fingerprint density at radius 1 is 1.25 bits per heavy atom. The van der Waals surface area contributed by atoms with Gasteiger partial charge < -0.3 is 15.0 Å². The molecule has 1 amide bonds. The van der Waals surface area contributed by atoms with Crippen LogP contribution in [0, 0.1) is 5.92 Å². The van der Waals surface area contributed by atoms with Gasteiger partial charge in [0.15, 0.2) is 0 Å². The van der Waals surface area contributed by atoms with E-state index in [0.29, 0.717) is 5.56 Å². The van der Waals surface area contributed by atoms with Gasteiger partial charge in [-0.25, -0.2) is 4.79 Å². The monoisotopic (exact) mass is 274 g/mol. The normalized spacial score (nSPS) is 12.4. The third kappa shape index (κ3) is 2.66. The maximum absolute atomic E-state index is 12.4. The summed E-state index contributed by atoms with van der Waals surface area (Å²) in [7, 11) is 1.32. The van der Waals surface area contributed by atoms with Crippen molar-refractivity contribution in [2.45, 2.75) is 19.9 Å². The second-order valence-corrected chi connectivity index (χ2v) is 4.96. The van der Waals surface area contributed by atoms with Crippen LogP contribution in [-0.4, -0.2) is 30.0 Å². The van der Waals surface area contributed by atoms with Crippen molar-refractivity contribution in [1.82, 2.24) is 10.3 Å².